The summed E-state index contributed by atoms with van der Waals surface area (Å²) < 4.78 is 6.57. The summed E-state index contributed by atoms with van der Waals surface area (Å²) in [5.41, 5.74) is 8.35. The van der Waals surface area contributed by atoms with E-state index in [4.69, 9.17) is 9.40 Å². The van der Waals surface area contributed by atoms with Gasteiger partial charge in [0.25, 0.3) is 5.91 Å². The number of fused-ring (bicyclic) bond motifs is 2. The number of hydrogen-bond acceptors (Lipinski definition) is 6. The van der Waals surface area contributed by atoms with Gasteiger partial charge >= 0.3 is 0 Å². The molecule has 0 aromatic heterocycles. The maximum atomic E-state index is 13.5. The molecule has 6 nitrogen and oxygen atoms in total. The Morgan fingerprint density at radius 2 is 1.35 bits per heavy atom. The fourth-order valence-corrected chi connectivity index (χ4v) is 10.2. The van der Waals surface area contributed by atoms with Gasteiger partial charge in [0.1, 0.15) is 11.2 Å². The highest BCUT2D eigenvalue weighted by molar-refractivity contribution is 7.99. The lowest BCUT2D eigenvalue weighted by molar-refractivity contribution is 0.102. The van der Waals surface area contributed by atoms with Crippen molar-refractivity contribution in [2.24, 2.45) is 5.92 Å². The number of aryl methyl sites for hydroxylation is 1. The Hall–Kier alpha value is -4.88. The molecular formula is C56H69N3O3S. The molecule has 7 heteroatoms. The fourth-order valence-electron chi connectivity index (χ4n) is 9.22. The topological polar surface area (TPSA) is 75.4 Å². The Bertz CT molecular complexity index is 2370. The van der Waals surface area contributed by atoms with Crippen molar-refractivity contribution in [1.82, 2.24) is 4.98 Å². The number of benzene rings is 5. The molecule has 4 aromatic rings. The zero-order chi connectivity index (χ0) is 44.0. The van der Waals surface area contributed by atoms with Crippen LogP contribution in [0.5, 0.6) is 0 Å². The molecule has 1 aliphatic heterocycles. The van der Waals surface area contributed by atoms with Gasteiger partial charge in [0.05, 0.1) is 5.56 Å². The molecule has 0 bridgehead atoms. The number of anilines is 2. The van der Waals surface area contributed by atoms with Gasteiger partial charge in [-0.1, -0.05) is 146 Å². The molecule has 0 saturated heterocycles. The second-order valence-corrected chi connectivity index (χ2v) is 19.1. The monoisotopic (exact) mass is 864 g/mol. The molecule has 0 atom stereocenters. The summed E-state index contributed by atoms with van der Waals surface area (Å²) in [7, 11) is 0. The summed E-state index contributed by atoms with van der Waals surface area (Å²) in [6.07, 6.45) is 21.0. The van der Waals surface area contributed by atoms with Crippen molar-refractivity contribution >= 4 is 40.1 Å². The number of nitrogens with one attached hydrogen (secondary N) is 1. The first-order valence-corrected chi connectivity index (χ1v) is 25.1. The van der Waals surface area contributed by atoms with Crippen molar-refractivity contribution in [1.29, 1.82) is 0 Å². The molecule has 3 aliphatic rings. The first kappa shape index (κ1) is 46.1. The highest BCUT2D eigenvalue weighted by Gasteiger charge is 2.23. The zero-order valence-corrected chi connectivity index (χ0v) is 39.2. The average molecular weight is 864 g/mol. The highest BCUT2D eigenvalue weighted by atomic mass is 32.2. The smallest absolute Gasteiger partial charge is 0.259 e. The Morgan fingerprint density at radius 1 is 0.714 bits per heavy atom. The van der Waals surface area contributed by atoms with Crippen LogP contribution in [0.4, 0.5) is 11.4 Å². The normalized spacial score (nSPS) is 15.2. The lowest BCUT2D eigenvalue weighted by Crippen LogP contribution is -2.25. The molecular weight excluding hydrogens is 795 g/mol. The Morgan fingerprint density at radius 3 is 2.00 bits per heavy atom. The maximum Gasteiger partial charge on any atom is 0.259 e. The molecule has 63 heavy (non-hydrogen) atoms. The van der Waals surface area contributed by atoms with Crippen molar-refractivity contribution < 1.29 is 9.21 Å². The van der Waals surface area contributed by atoms with Gasteiger partial charge in [-0.25, -0.2) is 4.98 Å². The van der Waals surface area contributed by atoms with Crippen molar-refractivity contribution in [3.05, 3.63) is 124 Å². The summed E-state index contributed by atoms with van der Waals surface area (Å²) in [6, 6.07) is 33.4. The van der Waals surface area contributed by atoms with Gasteiger partial charge in [-0.05, 0) is 122 Å². The minimum atomic E-state index is -0.458. The van der Waals surface area contributed by atoms with E-state index in [-0.39, 0.29) is 5.56 Å². The molecule has 332 valence electrons. The van der Waals surface area contributed by atoms with E-state index in [1.165, 1.54) is 92.5 Å². The summed E-state index contributed by atoms with van der Waals surface area (Å²) in [6.45, 7) is 10.9. The summed E-state index contributed by atoms with van der Waals surface area (Å²) in [5.74, 6) is 1.51. The lowest BCUT2D eigenvalue weighted by Gasteiger charge is -2.29. The van der Waals surface area contributed by atoms with Gasteiger partial charge in [-0.2, -0.15) is 0 Å². The minimum absolute atomic E-state index is 0.0391. The highest BCUT2D eigenvalue weighted by Crippen LogP contribution is 2.41. The molecule has 1 saturated carbocycles. The van der Waals surface area contributed by atoms with Crippen LogP contribution in [0.15, 0.2) is 116 Å². The van der Waals surface area contributed by atoms with Crippen molar-refractivity contribution in [2.75, 3.05) is 23.3 Å². The molecule has 1 N–H and O–H groups in total. The first-order valence-electron chi connectivity index (χ1n) is 24.3. The Kier molecular flexibility index (Phi) is 17.0. The molecule has 1 fully saturated rings. The van der Waals surface area contributed by atoms with Crippen LogP contribution in [-0.4, -0.2) is 24.0 Å². The quantitative estimate of drug-likeness (QED) is 0.0541. The summed E-state index contributed by atoms with van der Waals surface area (Å²) in [5, 5.41) is 2.93. The predicted molar refractivity (Wildman–Crippen MR) is 266 cm³/mol. The molecule has 0 unspecified atom stereocenters. The van der Waals surface area contributed by atoms with E-state index in [2.05, 4.69) is 98.6 Å². The first-order chi connectivity index (χ1) is 30.8. The van der Waals surface area contributed by atoms with Gasteiger partial charge in [0.2, 0.25) is 0 Å². The molecule has 2 aliphatic carbocycles. The number of nitrogens with zero attached hydrogens (tertiary/aromatic N) is 2. The number of aromatic nitrogens is 1. The van der Waals surface area contributed by atoms with E-state index in [1.807, 2.05) is 24.3 Å². The maximum absolute atomic E-state index is 13.5. The van der Waals surface area contributed by atoms with Crippen LogP contribution in [-0.2, 0) is 6.42 Å². The molecule has 1 amide bonds. The van der Waals surface area contributed by atoms with Crippen LogP contribution in [0.2, 0.25) is 0 Å². The van der Waals surface area contributed by atoms with Crippen LogP contribution in [0.3, 0.4) is 0 Å². The largest absolute Gasteiger partial charge is 0.453 e. The van der Waals surface area contributed by atoms with Crippen molar-refractivity contribution in [2.45, 2.75) is 153 Å². The Labute approximate surface area is 381 Å². The number of rotatable bonds is 22. The van der Waals surface area contributed by atoms with E-state index < -0.39 is 11.3 Å². The second kappa shape index (κ2) is 23.2. The Balaban J connectivity index is 1.15. The third-order valence-electron chi connectivity index (χ3n) is 13.1. The molecule has 7 rings (SSSR count). The van der Waals surface area contributed by atoms with E-state index >= 15 is 0 Å². The van der Waals surface area contributed by atoms with Gasteiger partial charge in [0, 0.05) is 46.4 Å². The fraction of sp³-hybridized carbons (Fsp3) is 0.446. The van der Waals surface area contributed by atoms with E-state index in [1.54, 1.807) is 17.8 Å². The molecule has 1 heterocycles. The standard InChI is InChI=1S/C56H69N3O3S/c1-5-9-13-17-41-18-22-42(23-19-41)43-24-26-44(27-25-43)45-28-32-48(33-29-45)63-54-37-47(59(34-14-10-6-2)35-15-11-7-3)36-53-55(54)58-50-38-49(51(60)39-52(50)62-53)56(61)57-46-30-20-40(21-31-46)16-12-8-4/h20-21,24-33,36-39,41-42H,5-19,22-23,34-35H2,1-4H3,(H,57,61). The molecule has 0 radical (unpaired) electrons. The second-order valence-electron chi connectivity index (χ2n) is 17.9. The zero-order valence-electron chi connectivity index (χ0n) is 38.4. The van der Waals surface area contributed by atoms with Gasteiger partial charge in [-0.3, -0.25) is 9.59 Å². The van der Waals surface area contributed by atoms with Crippen LogP contribution < -0.4 is 15.6 Å². The number of amides is 1. The van der Waals surface area contributed by atoms with Gasteiger partial charge < -0.3 is 14.6 Å². The number of hydrogen-bond donors (Lipinski definition) is 1. The van der Waals surface area contributed by atoms with Crippen LogP contribution >= 0.6 is 11.8 Å². The van der Waals surface area contributed by atoms with Gasteiger partial charge in [-0.15, -0.1) is 0 Å². The van der Waals surface area contributed by atoms with Crippen LogP contribution in [0.25, 0.3) is 33.7 Å². The van der Waals surface area contributed by atoms with E-state index in [9.17, 15) is 9.59 Å². The van der Waals surface area contributed by atoms with Crippen LogP contribution in [0.1, 0.15) is 158 Å². The summed E-state index contributed by atoms with van der Waals surface area (Å²) >= 11 is 1.68. The predicted octanol–water partition coefficient (Wildman–Crippen LogP) is 15.7. The van der Waals surface area contributed by atoms with E-state index in [0.29, 0.717) is 34.2 Å². The lowest BCUT2D eigenvalue weighted by atomic mass is 9.77. The number of carbonyl (C=O) groups is 1. The summed E-state index contributed by atoms with van der Waals surface area (Å²) in [4.78, 5) is 36.7. The van der Waals surface area contributed by atoms with Gasteiger partial charge in [0.15, 0.2) is 16.8 Å². The third-order valence-corrected chi connectivity index (χ3v) is 14.1. The number of carbonyl (C=O) groups excluding carboxylic acids is 1. The third kappa shape index (κ3) is 12.4. The van der Waals surface area contributed by atoms with Crippen LogP contribution in [0, 0.1) is 5.92 Å². The molecule has 0 spiro atoms. The van der Waals surface area contributed by atoms with Crippen molar-refractivity contribution in [3.8, 4) is 22.6 Å². The number of unbranched alkanes of at least 4 members (excludes halogenated alkanes) is 7. The SMILES string of the molecule is CCCCCC1CCC(c2ccc(-c3ccc(Sc4cc(N(CCCCC)CCCCC)cc5oc6cc(=O)c(C(=O)Nc7ccc(CCCC)cc7)cc-6nc45)cc3)cc2)CC1. The van der Waals surface area contributed by atoms with Crippen molar-refractivity contribution in [3.63, 3.8) is 0 Å². The van der Waals surface area contributed by atoms with E-state index in [0.717, 1.165) is 79.4 Å². The minimum Gasteiger partial charge on any atom is -0.453 e. The molecule has 4 aromatic carbocycles. The average Bonchev–Trinajstić information content (AvgIpc) is 3.30.